The molecule has 1 heterocycles. The van der Waals surface area contributed by atoms with Crippen LogP contribution in [-0.2, 0) is 9.53 Å². The molecule has 120 valence electrons. The second-order valence-corrected chi connectivity index (χ2v) is 6.21. The molecule has 1 aliphatic carbocycles. The highest BCUT2D eigenvalue weighted by atomic mass is 16.5. The molecular formula is C15H26N2O4. The first-order chi connectivity index (χ1) is 10.1. The molecule has 2 N–H and O–H groups in total. The largest absolute Gasteiger partial charge is 0.481 e. The highest BCUT2D eigenvalue weighted by Crippen LogP contribution is 2.34. The Hall–Kier alpha value is -1.30. The van der Waals surface area contributed by atoms with Gasteiger partial charge in [0.05, 0.1) is 5.41 Å². The van der Waals surface area contributed by atoms with Gasteiger partial charge in [0.1, 0.15) is 0 Å². The van der Waals surface area contributed by atoms with Crippen LogP contribution in [0.5, 0.6) is 0 Å². The third-order valence-electron chi connectivity index (χ3n) is 4.56. The van der Waals surface area contributed by atoms with E-state index < -0.39 is 11.4 Å². The molecule has 2 rings (SSSR count). The Labute approximate surface area is 125 Å². The molecule has 1 aliphatic heterocycles. The van der Waals surface area contributed by atoms with E-state index in [0.717, 1.165) is 18.9 Å². The van der Waals surface area contributed by atoms with Crippen LogP contribution >= 0.6 is 0 Å². The van der Waals surface area contributed by atoms with Gasteiger partial charge in [0.25, 0.3) is 0 Å². The monoisotopic (exact) mass is 298 g/mol. The van der Waals surface area contributed by atoms with Gasteiger partial charge in [0, 0.05) is 32.8 Å². The average Bonchev–Trinajstić information content (AvgIpc) is 3.18. The van der Waals surface area contributed by atoms with Crippen LogP contribution < -0.4 is 5.32 Å². The number of amides is 2. The second kappa shape index (κ2) is 7.11. The van der Waals surface area contributed by atoms with Crippen LogP contribution in [-0.4, -0.2) is 54.9 Å². The van der Waals surface area contributed by atoms with Gasteiger partial charge in [-0.25, -0.2) is 4.79 Å². The average molecular weight is 298 g/mol. The number of likely N-dealkylation sites (tertiary alicyclic amines) is 1. The fourth-order valence-corrected chi connectivity index (χ4v) is 2.68. The summed E-state index contributed by atoms with van der Waals surface area (Å²) in [5.74, 6) is -0.0313. The van der Waals surface area contributed by atoms with E-state index in [1.54, 1.807) is 4.90 Å². The summed E-state index contributed by atoms with van der Waals surface area (Å²) in [5.41, 5.74) is -0.759. The lowest BCUT2D eigenvalue weighted by Gasteiger charge is -2.23. The van der Waals surface area contributed by atoms with Crippen molar-refractivity contribution in [3.8, 4) is 0 Å². The summed E-state index contributed by atoms with van der Waals surface area (Å²) in [6.07, 6.45) is 4.46. The summed E-state index contributed by atoms with van der Waals surface area (Å²) in [6, 6.07) is -0.159. The summed E-state index contributed by atoms with van der Waals surface area (Å²) < 4.78 is 5.50. The van der Waals surface area contributed by atoms with Crippen LogP contribution in [0.25, 0.3) is 0 Å². The quantitative estimate of drug-likeness (QED) is 0.669. The predicted molar refractivity (Wildman–Crippen MR) is 78.1 cm³/mol. The molecule has 0 bridgehead atoms. The molecule has 2 amide bonds. The molecule has 0 aromatic carbocycles. The Balaban J connectivity index is 1.61. The Kier molecular flexibility index (Phi) is 5.45. The fourth-order valence-electron chi connectivity index (χ4n) is 2.68. The van der Waals surface area contributed by atoms with Gasteiger partial charge < -0.3 is 20.1 Å². The molecule has 21 heavy (non-hydrogen) atoms. The van der Waals surface area contributed by atoms with E-state index in [0.29, 0.717) is 39.1 Å². The number of carboxylic acid groups (broad SMARTS) is 1. The van der Waals surface area contributed by atoms with Gasteiger partial charge in [-0.1, -0.05) is 6.92 Å². The molecule has 6 nitrogen and oxygen atoms in total. The number of carboxylic acids is 1. The number of hydrogen-bond donors (Lipinski definition) is 2. The molecule has 2 aliphatic rings. The summed E-state index contributed by atoms with van der Waals surface area (Å²) in [4.78, 5) is 25.0. The van der Waals surface area contributed by atoms with E-state index in [-0.39, 0.29) is 6.03 Å². The third kappa shape index (κ3) is 4.33. The van der Waals surface area contributed by atoms with Crippen LogP contribution in [0.4, 0.5) is 4.79 Å². The van der Waals surface area contributed by atoms with Crippen molar-refractivity contribution >= 4 is 12.0 Å². The number of aliphatic carboxylic acids is 1. The van der Waals surface area contributed by atoms with Crippen LogP contribution in [0.3, 0.4) is 0 Å². The van der Waals surface area contributed by atoms with E-state index in [1.165, 1.54) is 12.8 Å². The first-order valence-electron chi connectivity index (χ1n) is 7.91. The predicted octanol–water partition coefficient (Wildman–Crippen LogP) is 1.70. The molecule has 0 radical (unpaired) electrons. The Morgan fingerprint density at radius 1 is 1.43 bits per heavy atom. The number of nitrogens with zero attached hydrogens (tertiary/aromatic N) is 1. The third-order valence-corrected chi connectivity index (χ3v) is 4.56. The molecule has 0 spiro atoms. The molecule has 6 heteroatoms. The molecule has 0 aromatic rings. The van der Waals surface area contributed by atoms with E-state index in [1.807, 2.05) is 6.92 Å². The van der Waals surface area contributed by atoms with Gasteiger partial charge >= 0.3 is 12.0 Å². The summed E-state index contributed by atoms with van der Waals surface area (Å²) in [6.45, 7) is 4.79. The van der Waals surface area contributed by atoms with Crippen LogP contribution in [0.2, 0.25) is 0 Å². The lowest BCUT2D eigenvalue weighted by molar-refractivity contribution is -0.148. The minimum Gasteiger partial charge on any atom is -0.481 e. The smallest absolute Gasteiger partial charge is 0.317 e. The maximum absolute atomic E-state index is 12.0. The van der Waals surface area contributed by atoms with Crippen LogP contribution in [0.1, 0.15) is 39.0 Å². The van der Waals surface area contributed by atoms with Gasteiger partial charge in [-0.05, 0) is 38.0 Å². The molecule has 1 unspecified atom stereocenters. The van der Waals surface area contributed by atoms with Gasteiger partial charge in [-0.3, -0.25) is 4.79 Å². The van der Waals surface area contributed by atoms with Gasteiger partial charge in [-0.15, -0.1) is 0 Å². The van der Waals surface area contributed by atoms with Crippen LogP contribution in [0, 0.1) is 11.3 Å². The molecule has 2 fully saturated rings. The Bertz CT molecular complexity index is 384. The first-order valence-corrected chi connectivity index (χ1v) is 7.91. The van der Waals surface area contributed by atoms with Gasteiger partial charge in [0.15, 0.2) is 0 Å². The molecule has 1 saturated carbocycles. The maximum Gasteiger partial charge on any atom is 0.317 e. The SMILES string of the molecule is CCC1(C(=O)O)CCN(C(=O)NCCCOCC2CC2)C1. The highest BCUT2D eigenvalue weighted by Gasteiger charge is 2.44. The van der Waals surface area contributed by atoms with Crippen molar-refractivity contribution in [3.05, 3.63) is 0 Å². The van der Waals surface area contributed by atoms with Crippen LogP contribution in [0.15, 0.2) is 0 Å². The number of rotatable bonds is 8. The lowest BCUT2D eigenvalue weighted by Crippen LogP contribution is -2.42. The number of urea groups is 1. The number of carbonyl (C=O) groups is 2. The number of hydrogen-bond acceptors (Lipinski definition) is 3. The zero-order valence-corrected chi connectivity index (χ0v) is 12.8. The number of carbonyl (C=O) groups excluding carboxylic acids is 1. The van der Waals surface area contributed by atoms with Crippen molar-refractivity contribution in [2.75, 3.05) is 32.8 Å². The zero-order valence-electron chi connectivity index (χ0n) is 12.8. The van der Waals surface area contributed by atoms with Crippen molar-refractivity contribution in [1.82, 2.24) is 10.2 Å². The van der Waals surface area contributed by atoms with E-state index >= 15 is 0 Å². The minimum atomic E-state index is -0.797. The first kappa shape index (κ1) is 16.1. The molecular weight excluding hydrogens is 272 g/mol. The van der Waals surface area contributed by atoms with Gasteiger partial charge in [-0.2, -0.15) is 0 Å². The standard InChI is InChI=1S/C15H26N2O4/c1-2-15(13(18)19)6-8-17(11-15)14(20)16-7-3-9-21-10-12-4-5-12/h12H,2-11H2,1H3,(H,16,20)(H,18,19). The Morgan fingerprint density at radius 2 is 2.19 bits per heavy atom. The van der Waals surface area contributed by atoms with Gasteiger partial charge in [0.2, 0.25) is 0 Å². The molecule has 0 aromatic heterocycles. The fraction of sp³-hybridized carbons (Fsp3) is 0.867. The lowest BCUT2D eigenvalue weighted by atomic mass is 9.84. The summed E-state index contributed by atoms with van der Waals surface area (Å²) in [5, 5.41) is 12.2. The molecule has 1 saturated heterocycles. The Morgan fingerprint density at radius 3 is 2.76 bits per heavy atom. The van der Waals surface area contributed by atoms with E-state index in [2.05, 4.69) is 5.32 Å². The van der Waals surface area contributed by atoms with Crippen molar-refractivity contribution in [3.63, 3.8) is 0 Å². The second-order valence-electron chi connectivity index (χ2n) is 6.21. The summed E-state index contributed by atoms with van der Waals surface area (Å²) >= 11 is 0. The van der Waals surface area contributed by atoms with Crippen molar-refractivity contribution in [2.45, 2.75) is 39.0 Å². The maximum atomic E-state index is 12.0. The van der Waals surface area contributed by atoms with E-state index in [4.69, 9.17) is 4.74 Å². The van der Waals surface area contributed by atoms with E-state index in [9.17, 15) is 14.7 Å². The summed E-state index contributed by atoms with van der Waals surface area (Å²) in [7, 11) is 0. The number of ether oxygens (including phenoxy) is 1. The molecule has 1 atom stereocenters. The zero-order chi connectivity index (χ0) is 15.3. The number of nitrogens with one attached hydrogen (secondary N) is 1. The minimum absolute atomic E-state index is 0.159. The van der Waals surface area contributed by atoms with Crippen molar-refractivity contribution in [2.24, 2.45) is 11.3 Å². The topological polar surface area (TPSA) is 78.9 Å². The highest BCUT2D eigenvalue weighted by molar-refractivity contribution is 5.79. The normalized spacial score (nSPS) is 25.1. The van der Waals surface area contributed by atoms with Crippen molar-refractivity contribution < 1.29 is 19.4 Å². The van der Waals surface area contributed by atoms with Crippen molar-refractivity contribution in [1.29, 1.82) is 0 Å².